The SMILES string of the molecule is CC(C)(C)OC(=O)N1CCOC[C@H]1C(=O)NCCn1cnc2cnc(Nc3ncc(-c4ncncc4F)s3)cc21. The van der Waals surface area contributed by atoms with E-state index >= 15 is 0 Å². The molecule has 2 N–H and O–H groups in total. The zero-order valence-electron chi connectivity index (χ0n) is 22.1. The van der Waals surface area contributed by atoms with E-state index in [1.54, 1.807) is 33.3 Å². The summed E-state index contributed by atoms with van der Waals surface area (Å²) < 4.78 is 26.8. The number of ether oxygens (including phenoxy) is 2. The molecule has 0 spiro atoms. The third kappa shape index (κ3) is 6.31. The maximum absolute atomic E-state index is 14.0. The second kappa shape index (κ2) is 11.5. The number of nitrogens with one attached hydrogen (secondary N) is 2. The Labute approximate surface area is 232 Å². The van der Waals surface area contributed by atoms with E-state index < -0.39 is 23.6 Å². The minimum atomic E-state index is -0.776. The average Bonchev–Trinajstić information content (AvgIpc) is 3.55. The summed E-state index contributed by atoms with van der Waals surface area (Å²) in [6, 6.07) is 1.04. The summed E-state index contributed by atoms with van der Waals surface area (Å²) in [6.07, 6.45) is 6.67. The van der Waals surface area contributed by atoms with Crippen molar-refractivity contribution >= 4 is 45.3 Å². The van der Waals surface area contributed by atoms with Crippen LogP contribution < -0.4 is 10.6 Å². The van der Waals surface area contributed by atoms with Crippen molar-refractivity contribution in [2.24, 2.45) is 0 Å². The van der Waals surface area contributed by atoms with Crippen molar-refractivity contribution in [2.75, 3.05) is 31.6 Å². The van der Waals surface area contributed by atoms with Gasteiger partial charge in [-0.25, -0.2) is 34.1 Å². The molecular weight excluding hydrogens is 541 g/mol. The number of rotatable bonds is 7. The molecule has 15 heteroatoms. The van der Waals surface area contributed by atoms with Crippen molar-refractivity contribution in [3.8, 4) is 10.6 Å². The first-order valence-corrected chi connectivity index (χ1v) is 13.3. The molecule has 1 atom stereocenters. The number of amides is 2. The molecule has 40 heavy (non-hydrogen) atoms. The van der Waals surface area contributed by atoms with Crippen LogP contribution in [0.3, 0.4) is 0 Å². The molecule has 210 valence electrons. The highest BCUT2D eigenvalue weighted by atomic mass is 32.1. The van der Waals surface area contributed by atoms with Gasteiger partial charge < -0.3 is 24.7 Å². The van der Waals surface area contributed by atoms with E-state index in [0.29, 0.717) is 41.0 Å². The van der Waals surface area contributed by atoms with Gasteiger partial charge in [0, 0.05) is 31.9 Å². The van der Waals surface area contributed by atoms with Gasteiger partial charge in [-0.3, -0.25) is 9.69 Å². The second-order valence-corrected chi connectivity index (χ2v) is 11.0. The second-order valence-electron chi connectivity index (χ2n) is 9.93. The van der Waals surface area contributed by atoms with Crippen LogP contribution in [0.25, 0.3) is 21.6 Å². The van der Waals surface area contributed by atoms with Gasteiger partial charge in [-0.05, 0) is 20.8 Å². The molecule has 1 aliphatic rings. The minimum absolute atomic E-state index is 0.0993. The Morgan fingerprint density at radius 1 is 1.20 bits per heavy atom. The van der Waals surface area contributed by atoms with E-state index in [4.69, 9.17) is 9.47 Å². The lowest BCUT2D eigenvalue weighted by Crippen LogP contribution is -2.57. The van der Waals surface area contributed by atoms with Crippen molar-refractivity contribution in [3.05, 3.63) is 43.1 Å². The lowest BCUT2D eigenvalue weighted by Gasteiger charge is -2.35. The zero-order valence-corrected chi connectivity index (χ0v) is 22.9. The van der Waals surface area contributed by atoms with Gasteiger partial charge in [0.25, 0.3) is 0 Å². The van der Waals surface area contributed by atoms with Crippen molar-refractivity contribution in [3.63, 3.8) is 0 Å². The molecule has 5 heterocycles. The van der Waals surface area contributed by atoms with E-state index in [2.05, 4.69) is 35.6 Å². The number of halogens is 1. The lowest BCUT2D eigenvalue weighted by molar-refractivity contribution is -0.132. The van der Waals surface area contributed by atoms with Gasteiger partial charge in [0.2, 0.25) is 5.91 Å². The number of nitrogens with zero attached hydrogens (tertiary/aromatic N) is 7. The third-order valence-corrected chi connectivity index (χ3v) is 6.78. The molecule has 0 unspecified atom stereocenters. The fourth-order valence-corrected chi connectivity index (χ4v) is 4.85. The number of fused-ring (bicyclic) bond motifs is 1. The molecule has 4 aromatic rings. The van der Waals surface area contributed by atoms with Crippen LogP contribution in [0, 0.1) is 5.82 Å². The van der Waals surface area contributed by atoms with Crippen molar-refractivity contribution in [2.45, 2.75) is 39.0 Å². The summed E-state index contributed by atoms with van der Waals surface area (Å²) in [5.74, 6) is -0.324. The third-order valence-electron chi connectivity index (χ3n) is 5.86. The maximum atomic E-state index is 14.0. The number of carbonyl (C=O) groups is 2. The minimum Gasteiger partial charge on any atom is -0.444 e. The molecule has 5 rings (SSSR count). The van der Waals surface area contributed by atoms with Gasteiger partial charge in [-0.15, -0.1) is 0 Å². The number of carbonyl (C=O) groups excluding carboxylic acids is 2. The van der Waals surface area contributed by atoms with Crippen molar-refractivity contribution in [1.29, 1.82) is 0 Å². The van der Waals surface area contributed by atoms with Crippen LogP contribution >= 0.6 is 11.3 Å². The first-order valence-electron chi connectivity index (χ1n) is 12.5. The molecule has 0 saturated carbocycles. The molecule has 4 aromatic heterocycles. The fourth-order valence-electron chi connectivity index (χ4n) is 4.03. The average molecular weight is 570 g/mol. The molecular formula is C25H28FN9O4S. The molecule has 1 aliphatic heterocycles. The molecule has 1 fully saturated rings. The molecule has 2 amide bonds. The fraction of sp³-hybridized carbons (Fsp3) is 0.400. The van der Waals surface area contributed by atoms with E-state index in [9.17, 15) is 14.0 Å². The Kier molecular flexibility index (Phi) is 7.84. The van der Waals surface area contributed by atoms with Crippen LogP contribution in [-0.2, 0) is 20.8 Å². The van der Waals surface area contributed by atoms with Gasteiger partial charge in [-0.1, -0.05) is 11.3 Å². The monoisotopic (exact) mass is 569 g/mol. The standard InChI is InChI=1S/C25H28FN9O4S/c1-25(2,3)39-24(37)35-6-7-38-12-18(35)22(36)28-4-5-34-14-32-16-10-29-20(8-17(16)34)33-23-30-11-19(40-23)21-15(26)9-27-13-31-21/h8-11,13-14,18H,4-7,12H2,1-3H3,(H,28,36)(H,29,30,33)/t18-/m0/s1. The molecule has 13 nitrogen and oxygen atoms in total. The number of anilines is 2. The highest BCUT2D eigenvalue weighted by Crippen LogP contribution is 2.30. The van der Waals surface area contributed by atoms with Gasteiger partial charge in [0.15, 0.2) is 10.9 Å². The van der Waals surface area contributed by atoms with Crippen molar-refractivity contribution in [1.82, 2.24) is 39.7 Å². The molecule has 1 saturated heterocycles. The Balaban J connectivity index is 1.21. The number of pyridine rings is 1. The van der Waals surface area contributed by atoms with Crippen LogP contribution in [-0.4, -0.2) is 84.3 Å². The van der Waals surface area contributed by atoms with Crippen LogP contribution in [0.4, 0.5) is 20.1 Å². The predicted octanol–water partition coefficient (Wildman–Crippen LogP) is 2.98. The van der Waals surface area contributed by atoms with Crippen molar-refractivity contribution < 1.29 is 23.5 Å². The lowest BCUT2D eigenvalue weighted by atomic mass is 10.2. The first kappa shape index (κ1) is 27.3. The predicted molar refractivity (Wildman–Crippen MR) is 144 cm³/mol. The maximum Gasteiger partial charge on any atom is 0.411 e. The molecule has 0 aromatic carbocycles. The Morgan fingerprint density at radius 2 is 2.05 bits per heavy atom. The Hall–Kier alpha value is -4.24. The number of morpholine rings is 1. The topological polar surface area (TPSA) is 149 Å². The number of imidazole rings is 1. The summed E-state index contributed by atoms with van der Waals surface area (Å²) in [5, 5.41) is 6.53. The summed E-state index contributed by atoms with van der Waals surface area (Å²) in [5.41, 5.74) is 0.981. The number of hydrogen-bond acceptors (Lipinski definition) is 11. The number of aromatic nitrogens is 6. The molecule has 0 aliphatic carbocycles. The summed E-state index contributed by atoms with van der Waals surface area (Å²) >= 11 is 1.23. The Morgan fingerprint density at radius 3 is 2.85 bits per heavy atom. The van der Waals surface area contributed by atoms with Crippen LogP contribution in [0.5, 0.6) is 0 Å². The summed E-state index contributed by atoms with van der Waals surface area (Å²) in [6.45, 7) is 6.78. The highest BCUT2D eigenvalue weighted by Gasteiger charge is 2.35. The molecule has 0 radical (unpaired) electrons. The van der Waals surface area contributed by atoms with Gasteiger partial charge in [-0.2, -0.15) is 0 Å². The van der Waals surface area contributed by atoms with E-state index in [0.717, 1.165) is 11.7 Å². The van der Waals surface area contributed by atoms with E-state index in [-0.39, 0.29) is 24.8 Å². The largest absolute Gasteiger partial charge is 0.444 e. The van der Waals surface area contributed by atoms with Gasteiger partial charge >= 0.3 is 6.09 Å². The van der Waals surface area contributed by atoms with Gasteiger partial charge in [0.1, 0.15) is 35.0 Å². The normalized spacial score (nSPS) is 15.7. The van der Waals surface area contributed by atoms with Crippen LogP contribution in [0.1, 0.15) is 20.8 Å². The first-order chi connectivity index (χ1) is 19.2. The smallest absolute Gasteiger partial charge is 0.411 e. The quantitative estimate of drug-likeness (QED) is 0.340. The summed E-state index contributed by atoms with van der Waals surface area (Å²) in [7, 11) is 0. The van der Waals surface area contributed by atoms with Gasteiger partial charge in [0.05, 0.1) is 42.3 Å². The van der Waals surface area contributed by atoms with Crippen LogP contribution in [0.15, 0.2) is 37.3 Å². The van der Waals surface area contributed by atoms with E-state index in [1.807, 2.05) is 10.6 Å². The zero-order chi connectivity index (χ0) is 28.3. The Bertz CT molecular complexity index is 1520. The van der Waals surface area contributed by atoms with E-state index in [1.165, 1.54) is 28.8 Å². The highest BCUT2D eigenvalue weighted by molar-refractivity contribution is 7.18. The molecule has 0 bridgehead atoms. The number of hydrogen-bond donors (Lipinski definition) is 2. The number of thiazole rings is 1. The summed E-state index contributed by atoms with van der Waals surface area (Å²) in [4.78, 5) is 48.2. The van der Waals surface area contributed by atoms with Crippen LogP contribution in [0.2, 0.25) is 0 Å².